The molecule has 0 spiro atoms. The molecule has 0 atom stereocenters. The first kappa shape index (κ1) is 11.8. The fraction of sp³-hybridized carbons (Fsp3) is 0.385. The van der Waals surface area contributed by atoms with Gasteiger partial charge >= 0.3 is 0 Å². The van der Waals surface area contributed by atoms with Gasteiger partial charge in [0.1, 0.15) is 0 Å². The lowest BCUT2D eigenvalue weighted by molar-refractivity contribution is 0.0895. The van der Waals surface area contributed by atoms with Gasteiger partial charge in [-0.1, -0.05) is 12.1 Å². The summed E-state index contributed by atoms with van der Waals surface area (Å²) in [6.07, 6.45) is 1.72. The first-order valence-electron chi connectivity index (χ1n) is 5.83. The topological polar surface area (TPSA) is 72.2 Å². The van der Waals surface area contributed by atoms with Crippen molar-refractivity contribution in [3.8, 4) is 0 Å². The van der Waals surface area contributed by atoms with Crippen LogP contribution >= 0.6 is 0 Å². The minimum atomic E-state index is -0.495. The average Bonchev–Trinajstić information content (AvgIpc) is 2.39. The second-order valence-corrected chi connectivity index (χ2v) is 4.33. The van der Waals surface area contributed by atoms with Gasteiger partial charge in [-0.2, -0.15) is 0 Å². The first-order chi connectivity index (χ1) is 8.18. The van der Waals surface area contributed by atoms with Crippen LogP contribution in [0.2, 0.25) is 0 Å². The summed E-state index contributed by atoms with van der Waals surface area (Å²) in [7, 11) is 0. The number of piperidine rings is 1. The third-order valence-electron chi connectivity index (χ3n) is 3.14. The van der Waals surface area contributed by atoms with Gasteiger partial charge in [-0.25, -0.2) is 0 Å². The van der Waals surface area contributed by atoms with Crippen LogP contribution in [0.15, 0.2) is 24.3 Å². The average molecular weight is 232 g/mol. The lowest BCUT2D eigenvalue weighted by Gasteiger charge is -2.21. The Morgan fingerprint density at radius 1 is 1.18 bits per heavy atom. The van der Waals surface area contributed by atoms with Crippen LogP contribution in [0.3, 0.4) is 0 Å². The third kappa shape index (κ3) is 2.71. The predicted octanol–water partition coefficient (Wildman–Crippen LogP) is 0.968. The summed E-state index contributed by atoms with van der Waals surface area (Å²) >= 11 is 0. The van der Waals surface area contributed by atoms with Crippen molar-refractivity contribution >= 4 is 11.7 Å². The standard InChI is InChI=1S/C13H16N2O2/c14-13(17)11-3-1-2-10(8-11)12(16)9-4-6-15-7-5-9/h1-3,8-9,15H,4-7H2,(H2,14,17). The molecule has 1 amide bonds. The maximum Gasteiger partial charge on any atom is 0.248 e. The van der Waals surface area contributed by atoms with Crippen LogP contribution in [0, 0.1) is 5.92 Å². The monoisotopic (exact) mass is 232 g/mol. The zero-order valence-electron chi connectivity index (χ0n) is 9.61. The molecule has 2 rings (SSSR count). The third-order valence-corrected chi connectivity index (χ3v) is 3.14. The highest BCUT2D eigenvalue weighted by Crippen LogP contribution is 2.18. The van der Waals surface area contributed by atoms with E-state index in [0.717, 1.165) is 25.9 Å². The number of rotatable bonds is 3. The molecule has 1 aromatic rings. The van der Waals surface area contributed by atoms with Crippen molar-refractivity contribution in [1.29, 1.82) is 0 Å². The Balaban J connectivity index is 2.18. The summed E-state index contributed by atoms with van der Waals surface area (Å²) < 4.78 is 0. The second kappa shape index (κ2) is 5.10. The molecule has 4 heteroatoms. The van der Waals surface area contributed by atoms with E-state index in [-0.39, 0.29) is 11.7 Å². The van der Waals surface area contributed by atoms with Crippen LogP contribution in [0.4, 0.5) is 0 Å². The van der Waals surface area contributed by atoms with Crippen LogP contribution in [-0.2, 0) is 0 Å². The minimum Gasteiger partial charge on any atom is -0.366 e. The van der Waals surface area contributed by atoms with Crippen LogP contribution < -0.4 is 11.1 Å². The number of carbonyl (C=O) groups is 2. The molecular weight excluding hydrogens is 216 g/mol. The number of benzene rings is 1. The van der Waals surface area contributed by atoms with Gasteiger partial charge in [-0.15, -0.1) is 0 Å². The van der Waals surface area contributed by atoms with Crippen molar-refractivity contribution in [2.24, 2.45) is 11.7 Å². The van der Waals surface area contributed by atoms with Crippen molar-refractivity contribution in [2.75, 3.05) is 13.1 Å². The van der Waals surface area contributed by atoms with E-state index in [1.807, 2.05) is 0 Å². The molecule has 1 aliphatic heterocycles. The Labute approximate surface area is 100 Å². The smallest absolute Gasteiger partial charge is 0.248 e. The molecule has 0 saturated carbocycles. The molecule has 1 aliphatic rings. The largest absolute Gasteiger partial charge is 0.366 e. The number of ketones is 1. The molecular formula is C13H16N2O2. The van der Waals surface area contributed by atoms with Crippen LogP contribution in [0.1, 0.15) is 33.6 Å². The van der Waals surface area contributed by atoms with Gasteiger partial charge in [0.25, 0.3) is 0 Å². The molecule has 0 aromatic heterocycles. The molecule has 1 heterocycles. The number of hydrogen-bond acceptors (Lipinski definition) is 3. The SMILES string of the molecule is NC(=O)c1cccc(C(=O)C2CCNCC2)c1. The van der Waals surface area contributed by atoms with Crippen molar-refractivity contribution < 1.29 is 9.59 Å². The maximum atomic E-state index is 12.2. The van der Waals surface area contributed by atoms with Gasteiger partial charge in [0.2, 0.25) is 5.91 Å². The quantitative estimate of drug-likeness (QED) is 0.763. The van der Waals surface area contributed by atoms with Crippen LogP contribution in [0.25, 0.3) is 0 Å². The molecule has 0 bridgehead atoms. The molecule has 90 valence electrons. The summed E-state index contributed by atoms with van der Waals surface area (Å²) in [4.78, 5) is 23.2. The van der Waals surface area contributed by atoms with Crippen molar-refractivity contribution in [3.05, 3.63) is 35.4 Å². The van der Waals surface area contributed by atoms with E-state index < -0.39 is 5.91 Å². The highest BCUT2D eigenvalue weighted by molar-refractivity contribution is 6.01. The molecule has 1 aromatic carbocycles. The molecule has 0 unspecified atom stereocenters. The Morgan fingerprint density at radius 2 is 1.82 bits per heavy atom. The number of hydrogen-bond donors (Lipinski definition) is 2. The number of primary amides is 1. The van der Waals surface area contributed by atoms with Crippen molar-refractivity contribution in [3.63, 3.8) is 0 Å². The summed E-state index contributed by atoms with van der Waals surface area (Å²) in [5.41, 5.74) is 6.19. The van der Waals surface area contributed by atoms with Gasteiger partial charge in [-0.3, -0.25) is 9.59 Å². The number of Topliss-reactive ketones (excluding diaryl/α,β-unsaturated/α-hetero) is 1. The summed E-state index contributed by atoms with van der Waals surface area (Å²) in [6.45, 7) is 1.76. The molecule has 1 fully saturated rings. The highest BCUT2D eigenvalue weighted by atomic mass is 16.1. The molecule has 0 aliphatic carbocycles. The fourth-order valence-corrected chi connectivity index (χ4v) is 2.15. The molecule has 1 saturated heterocycles. The first-order valence-corrected chi connectivity index (χ1v) is 5.83. The lowest BCUT2D eigenvalue weighted by Crippen LogP contribution is -2.32. The normalized spacial score (nSPS) is 16.7. The molecule has 3 N–H and O–H groups in total. The highest BCUT2D eigenvalue weighted by Gasteiger charge is 2.22. The maximum absolute atomic E-state index is 12.2. The van der Waals surface area contributed by atoms with E-state index in [0.29, 0.717) is 11.1 Å². The Bertz CT molecular complexity index is 437. The number of carbonyl (C=O) groups excluding carboxylic acids is 2. The van der Waals surface area contributed by atoms with Gasteiger partial charge in [0, 0.05) is 17.0 Å². The van der Waals surface area contributed by atoms with Crippen LogP contribution in [-0.4, -0.2) is 24.8 Å². The Hall–Kier alpha value is -1.68. The van der Waals surface area contributed by atoms with Gasteiger partial charge in [-0.05, 0) is 38.1 Å². The zero-order chi connectivity index (χ0) is 12.3. The number of amides is 1. The van der Waals surface area contributed by atoms with E-state index >= 15 is 0 Å². The van der Waals surface area contributed by atoms with Crippen LogP contribution in [0.5, 0.6) is 0 Å². The van der Waals surface area contributed by atoms with Gasteiger partial charge in [0.15, 0.2) is 5.78 Å². The summed E-state index contributed by atoms with van der Waals surface area (Å²) in [6, 6.07) is 6.67. The molecule has 17 heavy (non-hydrogen) atoms. The van der Waals surface area contributed by atoms with E-state index in [9.17, 15) is 9.59 Å². The van der Waals surface area contributed by atoms with E-state index in [1.54, 1.807) is 24.3 Å². The zero-order valence-corrected chi connectivity index (χ0v) is 9.61. The van der Waals surface area contributed by atoms with Gasteiger partial charge < -0.3 is 11.1 Å². The summed E-state index contributed by atoms with van der Waals surface area (Å²) in [5.74, 6) is -0.307. The number of nitrogens with one attached hydrogen (secondary N) is 1. The molecule has 4 nitrogen and oxygen atoms in total. The minimum absolute atomic E-state index is 0.0689. The van der Waals surface area contributed by atoms with E-state index in [2.05, 4.69) is 5.32 Å². The summed E-state index contributed by atoms with van der Waals surface area (Å²) in [5, 5.41) is 3.22. The van der Waals surface area contributed by atoms with E-state index in [4.69, 9.17) is 5.73 Å². The van der Waals surface area contributed by atoms with Crippen molar-refractivity contribution in [1.82, 2.24) is 5.32 Å². The van der Waals surface area contributed by atoms with Gasteiger partial charge in [0.05, 0.1) is 0 Å². The Morgan fingerprint density at radius 3 is 2.47 bits per heavy atom. The van der Waals surface area contributed by atoms with E-state index in [1.165, 1.54) is 0 Å². The second-order valence-electron chi connectivity index (χ2n) is 4.33. The van der Waals surface area contributed by atoms with Crippen molar-refractivity contribution in [2.45, 2.75) is 12.8 Å². The predicted molar refractivity (Wildman–Crippen MR) is 64.9 cm³/mol. The lowest BCUT2D eigenvalue weighted by atomic mass is 9.89. The Kier molecular flexibility index (Phi) is 3.54. The number of nitrogens with two attached hydrogens (primary N) is 1. The fourth-order valence-electron chi connectivity index (χ4n) is 2.15. The molecule has 0 radical (unpaired) electrons.